The second kappa shape index (κ2) is 5.14. The first kappa shape index (κ1) is 13.1. The number of H-pyrrole nitrogens is 1. The fourth-order valence-corrected chi connectivity index (χ4v) is 2.11. The average Bonchev–Trinajstić information content (AvgIpc) is 2.70. The summed E-state index contributed by atoms with van der Waals surface area (Å²) in [5.41, 5.74) is 1.64. The van der Waals surface area contributed by atoms with Crippen molar-refractivity contribution in [3.05, 3.63) is 30.0 Å². The molecule has 2 rings (SSSR count). The van der Waals surface area contributed by atoms with Crippen LogP contribution >= 0.6 is 15.9 Å². The topological polar surface area (TPSA) is 42.1 Å². The van der Waals surface area contributed by atoms with Crippen molar-refractivity contribution in [3.8, 4) is 5.75 Å². The van der Waals surface area contributed by atoms with E-state index in [1.165, 1.54) is 0 Å². The second-order valence-corrected chi connectivity index (χ2v) is 5.93. The number of Topliss-reactive ketones (excluding diaryl/α,β-unsaturated/α-hetero) is 1. The molecule has 0 saturated heterocycles. The summed E-state index contributed by atoms with van der Waals surface area (Å²) in [7, 11) is 0. The van der Waals surface area contributed by atoms with E-state index in [4.69, 9.17) is 4.74 Å². The molecule has 1 N–H and O–H groups in total. The number of fused-ring (bicyclic) bond motifs is 1. The van der Waals surface area contributed by atoms with Gasteiger partial charge >= 0.3 is 0 Å². The van der Waals surface area contributed by atoms with Crippen molar-refractivity contribution in [3.63, 3.8) is 0 Å². The van der Waals surface area contributed by atoms with Crippen molar-refractivity contribution < 1.29 is 9.53 Å². The van der Waals surface area contributed by atoms with Crippen LogP contribution in [0.5, 0.6) is 5.75 Å². The summed E-state index contributed by atoms with van der Waals surface area (Å²) in [6, 6.07) is 5.75. The minimum absolute atomic E-state index is 0.0722. The predicted octanol–water partition coefficient (Wildman–Crippen LogP) is 3.92. The van der Waals surface area contributed by atoms with Crippen LogP contribution < -0.4 is 4.74 Å². The first-order valence-corrected chi connectivity index (χ1v) is 6.86. The van der Waals surface area contributed by atoms with E-state index in [2.05, 4.69) is 20.9 Å². The SMILES string of the molecule is CC(C)Oc1ccc2[nH]cc(C(=O)C(C)Br)c2c1. The molecule has 0 spiro atoms. The van der Waals surface area contributed by atoms with Gasteiger partial charge < -0.3 is 9.72 Å². The Morgan fingerprint density at radius 3 is 2.67 bits per heavy atom. The molecule has 0 aliphatic heterocycles. The summed E-state index contributed by atoms with van der Waals surface area (Å²) in [6.45, 7) is 5.79. The average molecular weight is 310 g/mol. The molecule has 18 heavy (non-hydrogen) atoms. The van der Waals surface area contributed by atoms with Gasteiger partial charge in [0.15, 0.2) is 5.78 Å². The van der Waals surface area contributed by atoms with Crippen molar-refractivity contribution >= 4 is 32.6 Å². The summed E-state index contributed by atoms with van der Waals surface area (Å²) in [6.07, 6.45) is 1.87. The van der Waals surface area contributed by atoms with Gasteiger partial charge in [0.05, 0.1) is 10.9 Å². The number of hydrogen-bond acceptors (Lipinski definition) is 2. The zero-order valence-corrected chi connectivity index (χ0v) is 12.2. The largest absolute Gasteiger partial charge is 0.491 e. The van der Waals surface area contributed by atoms with Crippen molar-refractivity contribution in [2.24, 2.45) is 0 Å². The van der Waals surface area contributed by atoms with Gasteiger partial charge in [-0.3, -0.25) is 4.79 Å². The van der Waals surface area contributed by atoms with Gasteiger partial charge in [0.25, 0.3) is 0 Å². The molecule has 4 heteroatoms. The van der Waals surface area contributed by atoms with Crippen LogP contribution in [-0.4, -0.2) is 21.7 Å². The number of alkyl halides is 1. The lowest BCUT2D eigenvalue weighted by Gasteiger charge is -2.09. The molecule has 1 heterocycles. The highest BCUT2D eigenvalue weighted by Crippen LogP contribution is 2.26. The Labute approximate surface area is 115 Å². The van der Waals surface area contributed by atoms with Crippen LogP contribution in [0.25, 0.3) is 10.9 Å². The van der Waals surface area contributed by atoms with Crippen LogP contribution in [-0.2, 0) is 0 Å². The maximum atomic E-state index is 12.0. The Hall–Kier alpha value is -1.29. The monoisotopic (exact) mass is 309 g/mol. The summed E-state index contributed by atoms with van der Waals surface area (Å²) in [5, 5.41) is 0.907. The third-order valence-corrected chi connectivity index (χ3v) is 3.07. The van der Waals surface area contributed by atoms with Gasteiger partial charge in [0, 0.05) is 22.7 Å². The summed E-state index contributed by atoms with van der Waals surface area (Å²) < 4.78 is 5.65. The first-order chi connectivity index (χ1) is 8.49. The maximum Gasteiger partial charge on any atom is 0.178 e. The molecule has 1 aromatic heterocycles. The lowest BCUT2D eigenvalue weighted by atomic mass is 10.1. The van der Waals surface area contributed by atoms with E-state index in [9.17, 15) is 4.79 Å². The van der Waals surface area contributed by atoms with Crippen LogP contribution in [0.1, 0.15) is 31.1 Å². The van der Waals surface area contributed by atoms with E-state index < -0.39 is 0 Å². The zero-order chi connectivity index (χ0) is 13.3. The van der Waals surface area contributed by atoms with Crippen molar-refractivity contribution in [2.75, 3.05) is 0 Å². The maximum absolute atomic E-state index is 12.0. The van der Waals surface area contributed by atoms with Gasteiger partial charge in [-0.05, 0) is 39.0 Å². The van der Waals surface area contributed by atoms with Crippen LogP contribution in [0.2, 0.25) is 0 Å². The number of carbonyl (C=O) groups excluding carboxylic acids is 1. The summed E-state index contributed by atoms with van der Waals surface area (Å²) >= 11 is 3.31. The molecule has 0 aliphatic carbocycles. The van der Waals surface area contributed by atoms with Gasteiger partial charge in [-0.15, -0.1) is 0 Å². The Kier molecular flexibility index (Phi) is 3.76. The van der Waals surface area contributed by atoms with Crippen LogP contribution in [0, 0.1) is 0 Å². The molecule has 0 saturated carbocycles. The first-order valence-electron chi connectivity index (χ1n) is 5.95. The van der Waals surface area contributed by atoms with E-state index in [-0.39, 0.29) is 16.7 Å². The van der Waals surface area contributed by atoms with E-state index in [0.29, 0.717) is 5.56 Å². The lowest BCUT2D eigenvalue weighted by Crippen LogP contribution is -2.09. The molecule has 1 atom stereocenters. The smallest absolute Gasteiger partial charge is 0.178 e. The minimum Gasteiger partial charge on any atom is -0.491 e. The third kappa shape index (κ3) is 2.58. The quantitative estimate of drug-likeness (QED) is 0.687. The zero-order valence-electron chi connectivity index (χ0n) is 10.7. The lowest BCUT2D eigenvalue weighted by molar-refractivity contribution is 0.0997. The third-order valence-electron chi connectivity index (χ3n) is 2.65. The van der Waals surface area contributed by atoms with Crippen LogP contribution in [0.15, 0.2) is 24.4 Å². The van der Waals surface area contributed by atoms with Gasteiger partial charge in [-0.2, -0.15) is 0 Å². The van der Waals surface area contributed by atoms with E-state index in [1.54, 1.807) is 6.20 Å². The summed E-state index contributed by atoms with van der Waals surface area (Å²) in [5.74, 6) is 0.858. The number of aromatic amines is 1. The standard InChI is InChI=1S/C14H16BrNO2/c1-8(2)18-10-4-5-13-11(6-10)12(7-16-13)14(17)9(3)15/h4-9,16H,1-3H3. The van der Waals surface area contributed by atoms with Gasteiger partial charge in [-0.1, -0.05) is 15.9 Å². The van der Waals surface area contributed by atoms with Gasteiger partial charge in [0.1, 0.15) is 5.75 Å². The number of hydrogen-bond donors (Lipinski definition) is 1. The number of nitrogens with one attached hydrogen (secondary N) is 1. The predicted molar refractivity (Wildman–Crippen MR) is 76.8 cm³/mol. The molecule has 0 radical (unpaired) electrons. The molecule has 1 aromatic carbocycles. The van der Waals surface area contributed by atoms with Crippen LogP contribution in [0.4, 0.5) is 0 Å². The molecule has 0 aliphatic rings. The molecule has 2 aromatic rings. The van der Waals surface area contributed by atoms with Crippen molar-refractivity contribution in [1.29, 1.82) is 0 Å². The Bertz CT molecular complexity index is 572. The van der Waals surface area contributed by atoms with Crippen molar-refractivity contribution in [2.45, 2.75) is 31.7 Å². The molecule has 0 fully saturated rings. The number of rotatable bonds is 4. The van der Waals surface area contributed by atoms with E-state index in [0.717, 1.165) is 16.7 Å². The van der Waals surface area contributed by atoms with Crippen LogP contribution in [0.3, 0.4) is 0 Å². The number of benzene rings is 1. The fraction of sp³-hybridized carbons (Fsp3) is 0.357. The molecular formula is C14H16BrNO2. The summed E-state index contributed by atoms with van der Waals surface area (Å²) in [4.78, 5) is 15.0. The highest BCUT2D eigenvalue weighted by molar-refractivity contribution is 9.10. The highest BCUT2D eigenvalue weighted by Gasteiger charge is 2.16. The number of halogens is 1. The van der Waals surface area contributed by atoms with E-state index >= 15 is 0 Å². The Morgan fingerprint density at radius 2 is 2.06 bits per heavy atom. The molecular weight excluding hydrogens is 294 g/mol. The van der Waals surface area contributed by atoms with Crippen molar-refractivity contribution in [1.82, 2.24) is 4.98 Å². The fourth-order valence-electron chi connectivity index (χ4n) is 1.86. The molecule has 96 valence electrons. The molecule has 0 amide bonds. The normalized spacial score (nSPS) is 12.9. The highest BCUT2D eigenvalue weighted by atomic mass is 79.9. The number of aromatic nitrogens is 1. The van der Waals surface area contributed by atoms with E-state index in [1.807, 2.05) is 39.0 Å². The molecule has 1 unspecified atom stereocenters. The van der Waals surface area contributed by atoms with Gasteiger partial charge in [-0.25, -0.2) is 0 Å². The Balaban J connectivity index is 2.46. The number of ketones is 1. The minimum atomic E-state index is -0.189. The number of carbonyl (C=O) groups is 1. The molecule has 0 bridgehead atoms. The second-order valence-electron chi connectivity index (χ2n) is 4.56. The Morgan fingerprint density at radius 1 is 1.33 bits per heavy atom. The molecule has 3 nitrogen and oxygen atoms in total. The van der Waals surface area contributed by atoms with Gasteiger partial charge in [0.2, 0.25) is 0 Å². The number of ether oxygens (including phenoxy) is 1.